The van der Waals surface area contributed by atoms with Crippen molar-refractivity contribution in [1.82, 2.24) is 0 Å². The molecule has 1 aliphatic rings. The summed E-state index contributed by atoms with van der Waals surface area (Å²) in [5, 5.41) is 8.73. The first-order valence-electron chi connectivity index (χ1n) is 6.92. The Labute approximate surface area is 114 Å². The molecule has 0 amide bonds. The Kier molecular flexibility index (Phi) is 4.97. The van der Waals surface area contributed by atoms with Crippen molar-refractivity contribution in [2.75, 3.05) is 0 Å². The van der Waals surface area contributed by atoms with E-state index in [0.29, 0.717) is 17.9 Å². The van der Waals surface area contributed by atoms with Gasteiger partial charge in [0.25, 0.3) is 0 Å². The van der Waals surface area contributed by atoms with Crippen molar-refractivity contribution in [1.29, 1.82) is 5.26 Å². The van der Waals surface area contributed by atoms with Crippen LogP contribution in [0, 0.1) is 17.2 Å². The third-order valence-electron chi connectivity index (χ3n) is 3.77. The van der Waals surface area contributed by atoms with Gasteiger partial charge in [-0.1, -0.05) is 0 Å². The second-order valence-electron chi connectivity index (χ2n) is 5.14. The van der Waals surface area contributed by atoms with Crippen LogP contribution in [0.2, 0.25) is 0 Å². The molecule has 0 atom stereocenters. The highest BCUT2D eigenvalue weighted by Gasteiger charge is 2.21. The van der Waals surface area contributed by atoms with E-state index in [1.165, 1.54) is 0 Å². The van der Waals surface area contributed by atoms with E-state index in [2.05, 4.69) is 6.07 Å². The molecule has 1 aromatic rings. The van der Waals surface area contributed by atoms with Gasteiger partial charge in [0, 0.05) is 6.42 Å². The quantitative estimate of drug-likeness (QED) is 0.759. The van der Waals surface area contributed by atoms with Gasteiger partial charge in [0.15, 0.2) is 0 Å². The fourth-order valence-electron chi connectivity index (χ4n) is 2.64. The van der Waals surface area contributed by atoms with Gasteiger partial charge in [-0.2, -0.15) is 5.26 Å². The van der Waals surface area contributed by atoms with Crippen molar-refractivity contribution in [3.05, 3.63) is 29.8 Å². The molecule has 1 fully saturated rings. The lowest BCUT2D eigenvalue weighted by atomic mass is 9.84. The molecule has 100 valence electrons. The molecule has 0 N–H and O–H groups in total. The molecule has 0 aliphatic heterocycles. The van der Waals surface area contributed by atoms with Crippen LogP contribution in [-0.4, -0.2) is 12.4 Å². The maximum absolute atomic E-state index is 10.4. The SMILES string of the molecule is N#Cc1ccc(OC2CCC(CCC=O)CC2)cc1. The van der Waals surface area contributed by atoms with Crippen LogP contribution < -0.4 is 4.74 Å². The standard InChI is InChI=1S/C16H19NO2/c17-12-14-5-9-16(10-6-14)19-15-7-3-13(4-8-15)2-1-11-18/h5-6,9-11,13,15H,1-4,7-8H2. The van der Waals surface area contributed by atoms with Crippen LogP contribution >= 0.6 is 0 Å². The van der Waals surface area contributed by atoms with Crippen LogP contribution in [-0.2, 0) is 4.79 Å². The van der Waals surface area contributed by atoms with Gasteiger partial charge in [-0.3, -0.25) is 0 Å². The van der Waals surface area contributed by atoms with E-state index in [1.54, 1.807) is 12.1 Å². The molecule has 1 aliphatic carbocycles. The Morgan fingerprint density at radius 3 is 2.47 bits per heavy atom. The van der Waals surface area contributed by atoms with Crippen molar-refractivity contribution in [3.8, 4) is 11.8 Å². The Morgan fingerprint density at radius 1 is 1.21 bits per heavy atom. The molecule has 0 spiro atoms. The summed E-state index contributed by atoms with van der Waals surface area (Å²) in [5.74, 6) is 1.53. The topological polar surface area (TPSA) is 50.1 Å². The van der Waals surface area contributed by atoms with Crippen molar-refractivity contribution in [2.45, 2.75) is 44.6 Å². The Bertz CT molecular complexity index is 439. The molecule has 0 saturated heterocycles. The van der Waals surface area contributed by atoms with Crippen LogP contribution in [0.3, 0.4) is 0 Å². The van der Waals surface area contributed by atoms with Crippen LogP contribution in [0.5, 0.6) is 5.75 Å². The smallest absolute Gasteiger partial charge is 0.120 e. The summed E-state index contributed by atoms with van der Waals surface area (Å²) in [6, 6.07) is 9.38. The van der Waals surface area contributed by atoms with Gasteiger partial charge in [0.1, 0.15) is 12.0 Å². The highest BCUT2D eigenvalue weighted by Crippen LogP contribution is 2.30. The fourth-order valence-corrected chi connectivity index (χ4v) is 2.64. The average Bonchev–Trinajstić information content (AvgIpc) is 2.47. The first-order chi connectivity index (χ1) is 9.31. The third-order valence-corrected chi connectivity index (χ3v) is 3.77. The molecule has 3 heteroatoms. The number of nitrogens with zero attached hydrogens (tertiary/aromatic N) is 1. The van der Waals surface area contributed by atoms with Crippen LogP contribution in [0.4, 0.5) is 0 Å². The third kappa shape index (κ3) is 4.10. The molecule has 1 aromatic carbocycles. The van der Waals surface area contributed by atoms with Gasteiger partial charge in [-0.05, 0) is 62.3 Å². The second-order valence-corrected chi connectivity index (χ2v) is 5.14. The Hall–Kier alpha value is -1.82. The molecule has 2 rings (SSSR count). The molecular formula is C16H19NO2. The number of carbonyl (C=O) groups is 1. The highest BCUT2D eigenvalue weighted by atomic mass is 16.5. The molecule has 1 saturated carbocycles. The van der Waals surface area contributed by atoms with Gasteiger partial charge in [0.05, 0.1) is 17.7 Å². The van der Waals surface area contributed by atoms with Crippen LogP contribution in [0.15, 0.2) is 24.3 Å². The summed E-state index contributed by atoms with van der Waals surface area (Å²) in [7, 11) is 0. The Morgan fingerprint density at radius 2 is 1.89 bits per heavy atom. The maximum atomic E-state index is 10.4. The number of rotatable bonds is 5. The molecule has 0 bridgehead atoms. The molecule has 0 radical (unpaired) electrons. The molecule has 0 unspecified atom stereocenters. The monoisotopic (exact) mass is 257 g/mol. The first kappa shape index (κ1) is 13.6. The summed E-state index contributed by atoms with van der Waals surface area (Å²) in [4.78, 5) is 10.4. The molecular weight excluding hydrogens is 238 g/mol. The van der Waals surface area contributed by atoms with Gasteiger partial charge in [-0.15, -0.1) is 0 Å². The van der Waals surface area contributed by atoms with Crippen molar-refractivity contribution < 1.29 is 9.53 Å². The van der Waals surface area contributed by atoms with Crippen molar-refractivity contribution in [3.63, 3.8) is 0 Å². The zero-order chi connectivity index (χ0) is 13.5. The first-order valence-corrected chi connectivity index (χ1v) is 6.92. The highest BCUT2D eigenvalue weighted by molar-refractivity contribution is 5.49. The summed E-state index contributed by atoms with van der Waals surface area (Å²) in [6.45, 7) is 0. The van der Waals surface area contributed by atoms with Crippen LogP contribution in [0.1, 0.15) is 44.1 Å². The number of ether oxygens (including phenoxy) is 1. The van der Waals surface area contributed by atoms with Gasteiger partial charge < -0.3 is 9.53 Å². The maximum Gasteiger partial charge on any atom is 0.120 e. The summed E-state index contributed by atoms with van der Waals surface area (Å²) >= 11 is 0. The number of carbonyl (C=O) groups excluding carboxylic acids is 1. The Balaban J connectivity index is 1.78. The van der Waals surface area contributed by atoms with Crippen molar-refractivity contribution in [2.24, 2.45) is 5.92 Å². The lowest BCUT2D eigenvalue weighted by Crippen LogP contribution is -2.24. The van der Waals surface area contributed by atoms with E-state index in [4.69, 9.17) is 10.00 Å². The van der Waals surface area contributed by atoms with E-state index in [1.807, 2.05) is 12.1 Å². The van der Waals surface area contributed by atoms with Crippen LogP contribution in [0.25, 0.3) is 0 Å². The fraction of sp³-hybridized carbons (Fsp3) is 0.500. The molecule has 19 heavy (non-hydrogen) atoms. The van der Waals surface area contributed by atoms with Gasteiger partial charge >= 0.3 is 0 Å². The number of benzene rings is 1. The summed E-state index contributed by atoms with van der Waals surface area (Å²) < 4.78 is 5.93. The molecule has 0 heterocycles. The molecule has 0 aromatic heterocycles. The summed E-state index contributed by atoms with van der Waals surface area (Å²) in [5.41, 5.74) is 0.657. The largest absolute Gasteiger partial charge is 0.490 e. The zero-order valence-electron chi connectivity index (χ0n) is 11.0. The van der Waals surface area contributed by atoms with E-state index in [9.17, 15) is 4.79 Å². The minimum Gasteiger partial charge on any atom is -0.490 e. The minimum atomic E-state index is 0.278. The van der Waals surface area contributed by atoms with Gasteiger partial charge in [-0.25, -0.2) is 0 Å². The number of nitriles is 1. The lowest BCUT2D eigenvalue weighted by molar-refractivity contribution is -0.108. The predicted molar refractivity (Wildman–Crippen MR) is 72.8 cm³/mol. The molecule has 3 nitrogen and oxygen atoms in total. The van der Waals surface area contributed by atoms with E-state index < -0.39 is 0 Å². The predicted octanol–water partition coefficient (Wildman–Crippen LogP) is 3.47. The second kappa shape index (κ2) is 6.94. The number of hydrogen-bond donors (Lipinski definition) is 0. The van der Waals surface area contributed by atoms with E-state index in [0.717, 1.165) is 44.1 Å². The summed E-state index contributed by atoms with van der Waals surface area (Å²) in [6.07, 6.45) is 7.41. The number of hydrogen-bond acceptors (Lipinski definition) is 3. The average molecular weight is 257 g/mol. The normalized spacial score (nSPS) is 22.5. The van der Waals surface area contributed by atoms with E-state index in [-0.39, 0.29) is 6.10 Å². The van der Waals surface area contributed by atoms with Crippen molar-refractivity contribution >= 4 is 6.29 Å². The minimum absolute atomic E-state index is 0.278. The van der Waals surface area contributed by atoms with Gasteiger partial charge in [0.2, 0.25) is 0 Å². The lowest BCUT2D eigenvalue weighted by Gasteiger charge is -2.28. The zero-order valence-corrected chi connectivity index (χ0v) is 11.0. The number of aldehydes is 1. The van der Waals surface area contributed by atoms with E-state index >= 15 is 0 Å².